The third-order valence-electron chi connectivity index (χ3n) is 1.57. The van der Waals surface area contributed by atoms with E-state index in [0.29, 0.717) is 5.69 Å². The maximum Gasteiger partial charge on any atom is 0.272 e. The Balaban J connectivity index is 0.000000791. The SMILES string of the molecule is CC.Cc1cc(C(C)(F)F)c(C)nn1. The van der Waals surface area contributed by atoms with E-state index in [1.54, 1.807) is 6.92 Å². The first-order chi connectivity index (χ1) is 6.41. The highest BCUT2D eigenvalue weighted by Crippen LogP contribution is 2.28. The van der Waals surface area contributed by atoms with Gasteiger partial charge in [0.15, 0.2) is 0 Å². The lowest BCUT2D eigenvalue weighted by Crippen LogP contribution is -2.11. The van der Waals surface area contributed by atoms with Gasteiger partial charge in [0.05, 0.1) is 11.4 Å². The van der Waals surface area contributed by atoms with Crippen LogP contribution in [-0.4, -0.2) is 10.2 Å². The molecule has 1 rings (SSSR count). The Hall–Kier alpha value is -1.06. The van der Waals surface area contributed by atoms with Crippen molar-refractivity contribution in [2.24, 2.45) is 0 Å². The topological polar surface area (TPSA) is 25.8 Å². The summed E-state index contributed by atoms with van der Waals surface area (Å²) in [7, 11) is 0. The molecule has 2 nitrogen and oxygen atoms in total. The van der Waals surface area contributed by atoms with Gasteiger partial charge in [0.25, 0.3) is 5.92 Å². The van der Waals surface area contributed by atoms with Crippen LogP contribution in [0.3, 0.4) is 0 Å². The highest BCUT2D eigenvalue weighted by Gasteiger charge is 2.27. The van der Waals surface area contributed by atoms with Crippen LogP contribution in [0, 0.1) is 13.8 Å². The van der Waals surface area contributed by atoms with E-state index < -0.39 is 5.92 Å². The van der Waals surface area contributed by atoms with Gasteiger partial charge in [-0.25, -0.2) is 8.78 Å². The average molecular weight is 202 g/mol. The lowest BCUT2D eigenvalue weighted by atomic mass is 10.1. The summed E-state index contributed by atoms with van der Waals surface area (Å²) in [4.78, 5) is 0. The van der Waals surface area contributed by atoms with Crippen molar-refractivity contribution < 1.29 is 8.78 Å². The van der Waals surface area contributed by atoms with E-state index in [1.165, 1.54) is 13.0 Å². The first kappa shape index (κ1) is 12.9. The number of aryl methyl sites for hydroxylation is 2. The molecular weight excluding hydrogens is 186 g/mol. The molecular formula is C10H16F2N2. The van der Waals surface area contributed by atoms with Gasteiger partial charge in [0, 0.05) is 12.5 Å². The standard InChI is InChI=1S/C8H10F2N2.C2H6/c1-5-4-7(8(3,9)10)6(2)12-11-5;1-2/h4H,1-3H3;1-2H3. The molecule has 14 heavy (non-hydrogen) atoms. The van der Waals surface area contributed by atoms with Gasteiger partial charge in [-0.2, -0.15) is 10.2 Å². The second kappa shape index (κ2) is 4.98. The molecule has 0 saturated heterocycles. The molecule has 0 bridgehead atoms. The third kappa shape index (κ3) is 3.36. The van der Waals surface area contributed by atoms with Crippen LogP contribution in [-0.2, 0) is 5.92 Å². The first-order valence-corrected chi connectivity index (χ1v) is 4.60. The molecule has 0 N–H and O–H groups in total. The summed E-state index contributed by atoms with van der Waals surface area (Å²) in [6.45, 7) is 8.03. The number of halogens is 2. The summed E-state index contributed by atoms with van der Waals surface area (Å²) >= 11 is 0. The Morgan fingerprint density at radius 1 is 1.14 bits per heavy atom. The molecule has 0 saturated carbocycles. The fourth-order valence-corrected chi connectivity index (χ4v) is 0.994. The van der Waals surface area contributed by atoms with Crippen LogP contribution in [0.25, 0.3) is 0 Å². The Bertz CT molecular complexity index is 293. The van der Waals surface area contributed by atoms with Crippen molar-refractivity contribution >= 4 is 0 Å². The summed E-state index contributed by atoms with van der Waals surface area (Å²) in [6.07, 6.45) is 0. The average Bonchev–Trinajstić information content (AvgIpc) is 2.11. The fraction of sp³-hybridized carbons (Fsp3) is 0.600. The summed E-state index contributed by atoms with van der Waals surface area (Å²) in [6, 6.07) is 1.36. The predicted molar refractivity (Wildman–Crippen MR) is 52.4 cm³/mol. The lowest BCUT2D eigenvalue weighted by Gasteiger charge is -2.12. The maximum atomic E-state index is 12.8. The van der Waals surface area contributed by atoms with Crippen LogP contribution < -0.4 is 0 Å². The predicted octanol–water partition coefficient (Wildman–Crippen LogP) is 3.23. The highest BCUT2D eigenvalue weighted by atomic mass is 19.3. The molecule has 0 amide bonds. The van der Waals surface area contributed by atoms with Crippen molar-refractivity contribution in [2.75, 3.05) is 0 Å². The molecule has 0 atom stereocenters. The zero-order valence-electron chi connectivity index (χ0n) is 9.23. The van der Waals surface area contributed by atoms with Crippen molar-refractivity contribution in [3.05, 3.63) is 23.0 Å². The smallest absolute Gasteiger partial charge is 0.202 e. The second-order valence-corrected chi connectivity index (χ2v) is 2.87. The maximum absolute atomic E-state index is 12.8. The van der Waals surface area contributed by atoms with E-state index in [0.717, 1.165) is 6.92 Å². The third-order valence-corrected chi connectivity index (χ3v) is 1.57. The van der Waals surface area contributed by atoms with Gasteiger partial charge < -0.3 is 0 Å². The molecule has 0 fully saturated rings. The van der Waals surface area contributed by atoms with E-state index in [-0.39, 0.29) is 11.3 Å². The summed E-state index contributed by atoms with van der Waals surface area (Å²) in [5.74, 6) is -2.83. The quantitative estimate of drug-likeness (QED) is 0.698. The van der Waals surface area contributed by atoms with Crippen LogP contribution >= 0.6 is 0 Å². The van der Waals surface area contributed by atoms with Crippen molar-refractivity contribution in [1.82, 2.24) is 10.2 Å². The number of hydrogen-bond acceptors (Lipinski definition) is 2. The highest BCUT2D eigenvalue weighted by molar-refractivity contribution is 5.23. The van der Waals surface area contributed by atoms with Gasteiger partial charge in [-0.3, -0.25) is 0 Å². The summed E-state index contributed by atoms with van der Waals surface area (Å²) < 4.78 is 25.7. The molecule has 1 heterocycles. The summed E-state index contributed by atoms with van der Waals surface area (Å²) in [5, 5.41) is 7.28. The van der Waals surface area contributed by atoms with E-state index >= 15 is 0 Å². The molecule has 0 spiro atoms. The monoisotopic (exact) mass is 202 g/mol. The van der Waals surface area contributed by atoms with Gasteiger partial charge in [0.1, 0.15) is 0 Å². The van der Waals surface area contributed by atoms with Crippen LogP contribution in [0.15, 0.2) is 6.07 Å². The zero-order valence-corrected chi connectivity index (χ0v) is 9.23. The molecule has 1 aromatic rings. The number of rotatable bonds is 1. The van der Waals surface area contributed by atoms with Crippen molar-refractivity contribution in [1.29, 1.82) is 0 Å². The molecule has 80 valence electrons. The number of hydrogen-bond donors (Lipinski definition) is 0. The van der Waals surface area contributed by atoms with Crippen molar-refractivity contribution in [3.63, 3.8) is 0 Å². The lowest BCUT2D eigenvalue weighted by molar-refractivity contribution is 0.0161. The Kier molecular flexibility index (Phi) is 4.60. The van der Waals surface area contributed by atoms with Gasteiger partial charge in [0.2, 0.25) is 0 Å². The molecule has 1 aromatic heterocycles. The zero-order chi connectivity index (χ0) is 11.4. The number of alkyl halides is 2. The molecule has 0 aromatic carbocycles. The number of aromatic nitrogens is 2. The molecule has 0 radical (unpaired) electrons. The van der Waals surface area contributed by atoms with Crippen LogP contribution in [0.4, 0.5) is 8.78 Å². The molecule has 4 heteroatoms. The second-order valence-electron chi connectivity index (χ2n) is 2.87. The molecule has 0 aliphatic heterocycles. The molecule has 0 aliphatic carbocycles. The van der Waals surface area contributed by atoms with Crippen LogP contribution in [0.2, 0.25) is 0 Å². The largest absolute Gasteiger partial charge is 0.272 e. The first-order valence-electron chi connectivity index (χ1n) is 4.60. The van der Waals surface area contributed by atoms with Gasteiger partial charge >= 0.3 is 0 Å². The molecule has 0 unspecified atom stereocenters. The Labute approximate surface area is 83.4 Å². The number of nitrogens with zero attached hydrogens (tertiary/aromatic N) is 2. The minimum Gasteiger partial charge on any atom is -0.202 e. The van der Waals surface area contributed by atoms with Gasteiger partial charge in [-0.05, 0) is 19.9 Å². The minimum absolute atomic E-state index is 0.0463. The van der Waals surface area contributed by atoms with Gasteiger partial charge in [-0.15, -0.1) is 0 Å². The van der Waals surface area contributed by atoms with Crippen molar-refractivity contribution in [3.8, 4) is 0 Å². The normalized spacial score (nSPS) is 10.5. The van der Waals surface area contributed by atoms with E-state index in [2.05, 4.69) is 10.2 Å². The van der Waals surface area contributed by atoms with Crippen molar-refractivity contribution in [2.45, 2.75) is 40.5 Å². The summed E-state index contributed by atoms with van der Waals surface area (Å²) in [5.41, 5.74) is 0.750. The van der Waals surface area contributed by atoms with E-state index in [1.807, 2.05) is 13.8 Å². The van der Waals surface area contributed by atoms with Gasteiger partial charge in [-0.1, -0.05) is 13.8 Å². The fourth-order valence-electron chi connectivity index (χ4n) is 0.994. The Morgan fingerprint density at radius 3 is 2.00 bits per heavy atom. The van der Waals surface area contributed by atoms with Crippen LogP contribution in [0.5, 0.6) is 0 Å². The minimum atomic E-state index is -2.83. The molecule has 0 aliphatic rings. The van der Waals surface area contributed by atoms with E-state index in [9.17, 15) is 8.78 Å². The Morgan fingerprint density at radius 2 is 1.64 bits per heavy atom. The van der Waals surface area contributed by atoms with E-state index in [4.69, 9.17) is 0 Å². The van der Waals surface area contributed by atoms with Crippen LogP contribution in [0.1, 0.15) is 37.7 Å².